The molecule has 1 aromatic rings. The second-order valence-corrected chi connectivity index (χ2v) is 5.15. The Morgan fingerprint density at radius 2 is 1.87 bits per heavy atom. The zero-order chi connectivity index (χ0) is 11.5. The van der Waals surface area contributed by atoms with E-state index in [4.69, 9.17) is 11.5 Å². The zero-order valence-corrected chi connectivity index (χ0v) is 8.83. The van der Waals surface area contributed by atoms with Gasteiger partial charge in [-0.05, 0) is 12.1 Å². The van der Waals surface area contributed by atoms with Gasteiger partial charge in [0, 0.05) is 6.42 Å². The minimum Gasteiger partial charge on any atom is -0.398 e. The molecule has 0 saturated heterocycles. The number of benzene rings is 1. The third-order valence-electron chi connectivity index (χ3n) is 1.87. The monoisotopic (exact) mass is 228 g/mol. The van der Waals surface area contributed by atoms with Gasteiger partial charge in [-0.25, -0.2) is 8.42 Å². The van der Waals surface area contributed by atoms with Crippen molar-refractivity contribution in [3.63, 3.8) is 0 Å². The van der Waals surface area contributed by atoms with Crippen LogP contribution < -0.4 is 11.5 Å². The molecular weight excluding hydrogens is 216 g/mol. The first-order valence-electron chi connectivity index (χ1n) is 4.29. The van der Waals surface area contributed by atoms with E-state index in [1.165, 1.54) is 12.1 Å². The van der Waals surface area contributed by atoms with Crippen molar-refractivity contribution in [1.82, 2.24) is 0 Å². The summed E-state index contributed by atoms with van der Waals surface area (Å²) in [5.74, 6) is -0.954. The van der Waals surface area contributed by atoms with Crippen LogP contribution in [0.3, 0.4) is 0 Å². The Hall–Kier alpha value is -1.56. The van der Waals surface area contributed by atoms with E-state index in [-0.39, 0.29) is 22.8 Å². The standard InChI is InChI=1S/C9H12N2O3S/c10-7-3-1-2-4-8(7)15(13,14)6-5-9(11)12/h1-4H,5-6,10H2,(H2,11,12). The molecule has 0 radical (unpaired) electrons. The molecule has 0 fully saturated rings. The number of carbonyl (C=O) groups is 1. The van der Waals surface area contributed by atoms with E-state index >= 15 is 0 Å². The van der Waals surface area contributed by atoms with Gasteiger partial charge in [0.25, 0.3) is 0 Å². The minimum absolute atomic E-state index is 0.0475. The Morgan fingerprint density at radius 1 is 1.27 bits per heavy atom. The Morgan fingerprint density at radius 3 is 2.40 bits per heavy atom. The van der Waals surface area contributed by atoms with Crippen LogP contribution in [0.4, 0.5) is 5.69 Å². The van der Waals surface area contributed by atoms with Crippen molar-refractivity contribution in [1.29, 1.82) is 0 Å². The van der Waals surface area contributed by atoms with Gasteiger partial charge in [-0.2, -0.15) is 0 Å². The highest BCUT2D eigenvalue weighted by atomic mass is 32.2. The first-order chi connectivity index (χ1) is 6.93. The summed E-state index contributed by atoms with van der Waals surface area (Å²) in [7, 11) is -3.51. The van der Waals surface area contributed by atoms with Crippen molar-refractivity contribution >= 4 is 21.4 Å². The van der Waals surface area contributed by atoms with Crippen molar-refractivity contribution in [2.75, 3.05) is 11.5 Å². The molecule has 0 saturated carbocycles. The van der Waals surface area contributed by atoms with Crippen molar-refractivity contribution < 1.29 is 13.2 Å². The van der Waals surface area contributed by atoms with Gasteiger partial charge in [0.05, 0.1) is 16.3 Å². The molecule has 15 heavy (non-hydrogen) atoms. The smallest absolute Gasteiger partial charge is 0.218 e. The molecule has 0 aliphatic carbocycles. The van der Waals surface area contributed by atoms with Crippen LogP contribution in [0.5, 0.6) is 0 Å². The first kappa shape index (κ1) is 11.5. The third-order valence-corrected chi connectivity index (χ3v) is 3.65. The fourth-order valence-electron chi connectivity index (χ4n) is 1.11. The predicted molar refractivity (Wildman–Crippen MR) is 56.7 cm³/mol. The molecule has 1 aromatic carbocycles. The van der Waals surface area contributed by atoms with E-state index in [9.17, 15) is 13.2 Å². The molecule has 5 nitrogen and oxygen atoms in total. The second kappa shape index (κ2) is 4.31. The molecule has 0 aliphatic heterocycles. The molecule has 0 aliphatic rings. The normalized spacial score (nSPS) is 11.2. The van der Waals surface area contributed by atoms with E-state index < -0.39 is 15.7 Å². The fraction of sp³-hybridized carbons (Fsp3) is 0.222. The van der Waals surface area contributed by atoms with Gasteiger partial charge in [-0.1, -0.05) is 12.1 Å². The van der Waals surface area contributed by atoms with Crippen LogP contribution in [0.15, 0.2) is 29.2 Å². The Bertz CT molecular complexity index is 468. The van der Waals surface area contributed by atoms with E-state index in [2.05, 4.69) is 0 Å². The summed E-state index contributed by atoms with van der Waals surface area (Å²) in [6.45, 7) is 0. The first-order valence-corrected chi connectivity index (χ1v) is 5.94. The maximum absolute atomic E-state index is 11.7. The average molecular weight is 228 g/mol. The van der Waals surface area contributed by atoms with Gasteiger partial charge >= 0.3 is 0 Å². The highest BCUT2D eigenvalue weighted by Crippen LogP contribution is 2.19. The average Bonchev–Trinajstić information content (AvgIpc) is 2.15. The SMILES string of the molecule is NC(=O)CCS(=O)(=O)c1ccccc1N. The zero-order valence-electron chi connectivity index (χ0n) is 8.01. The Kier molecular flexibility index (Phi) is 3.31. The molecule has 0 atom stereocenters. The lowest BCUT2D eigenvalue weighted by Gasteiger charge is -2.05. The topological polar surface area (TPSA) is 103 Å². The summed E-state index contributed by atoms with van der Waals surface area (Å²) in [6.07, 6.45) is -0.198. The molecule has 0 aromatic heterocycles. The number of anilines is 1. The van der Waals surface area contributed by atoms with Crippen LogP contribution >= 0.6 is 0 Å². The van der Waals surface area contributed by atoms with Crippen molar-refractivity contribution in [2.24, 2.45) is 5.73 Å². The summed E-state index contributed by atoms with van der Waals surface area (Å²) < 4.78 is 23.3. The summed E-state index contributed by atoms with van der Waals surface area (Å²) in [5.41, 5.74) is 10.6. The molecule has 0 heterocycles. The Balaban J connectivity index is 2.97. The van der Waals surface area contributed by atoms with Gasteiger partial charge in [-0.3, -0.25) is 4.79 Å². The molecule has 6 heteroatoms. The second-order valence-electron chi connectivity index (χ2n) is 3.07. The largest absolute Gasteiger partial charge is 0.398 e. The van der Waals surface area contributed by atoms with Crippen molar-refractivity contribution in [3.8, 4) is 0 Å². The van der Waals surface area contributed by atoms with Gasteiger partial charge < -0.3 is 11.5 Å². The molecule has 0 spiro atoms. The molecule has 82 valence electrons. The summed E-state index contributed by atoms with van der Waals surface area (Å²) in [4.78, 5) is 10.5. The van der Waals surface area contributed by atoms with Crippen LogP contribution in [-0.2, 0) is 14.6 Å². The number of hydrogen-bond acceptors (Lipinski definition) is 4. The van der Waals surface area contributed by atoms with Crippen LogP contribution in [0.1, 0.15) is 6.42 Å². The van der Waals surface area contributed by atoms with Crippen LogP contribution in [-0.4, -0.2) is 20.1 Å². The predicted octanol–water partition coefficient (Wildman–Crippen LogP) is -0.0821. The van der Waals surface area contributed by atoms with Crippen LogP contribution in [0.25, 0.3) is 0 Å². The number of para-hydroxylation sites is 1. The molecule has 1 rings (SSSR count). The van der Waals surface area contributed by atoms with Gasteiger partial charge in [0.15, 0.2) is 9.84 Å². The van der Waals surface area contributed by atoms with E-state index in [1.54, 1.807) is 12.1 Å². The molecule has 1 amide bonds. The number of amides is 1. The van der Waals surface area contributed by atoms with E-state index in [1.807, 2.05) is 0 Å². The van der Waals surface area contributed by atoms with Gasteiger partial charge in [-0.15, -0.1) is 0 Å². The minimum atomic E-state index is -3.51. The molecule has 0 unspecified atom stereocenters. The number of hydrogen-bond donors (Lipinski definition) is 2. The third kappa shape index (κ3) is 2.95. The number of nitrogen functional groups attached to an aromatic ring is 1. The Labute approximate surface area is 88.0 Å². The summed E-state index contributed by atoms with van der Waals surface area (Å²) in [5, 5.41) is 0. The molecular formula is C9H12N2O3S. The van der Waals surface area contributed by atoms with Crippen molar-refractivity contribution in [2.45, 2.75) is 11.3 Å². The molecule has 0 bridgehead atoms. The van der Waals surface area contributed by atoms with E-state index in [0.29, 0.717) is 0 Å². The fourth-order valence-corrected chi connectivity index (χ4v) is 2.51. The molecule has 4 N–H and O–H groups in total. The van der Waals surface area contributed by atoms with Crippen LogP contribution in [0.2, 0.25) is 0 Å². The number of primary amides is 1. The number of nitrogens with two attached hydrogens (primary N) is 2. The quantitative estimate of drug-likeness (QED) is 0.703. The van der Waals surface area contributed by atoms with Crippen molar-refractivity contribution in [3.05, 3.63) is 24.3 Å². The van der Waals surface area contributed by atoms with Crippen LogP contribution in [0, 0.1) is 0 Å². The maximum Gasteiger partial charge on any atom is 0.218 e. The van der Waals surface area contributed by atoms with Gasteiger partial charge in [0.1, 0.15) is 0 Å². The lowest BCUT2D eigenvalue weighted by molar-refractivity contribution is -0.117. The van der Waals surface area contributed by atoms with E-state index in [0.717, 1.165) is 0 Å². The number of sulfone groups is 1. The summed E-state index contributed by atoms with van der Waals surface area (Å²) in [6, 6.07) is 6.12. The highest BCUT2D eigenvalue weighted by molar-refractivity contribution is 7.91. The lowest BCUT2D eigenvalue weighted by Crippen LogP contribution is -2.17. The van der Waals surface area contributed by atoms with Gasteiger partial charge in [0.2, 0.25) is 5.91 Å². The summed E-state index contributed by atoms with van der Waals surface area (Å²) >= 11 is 0. The lowest BCUT2D eigenvalue weighted by atomic mass is 10.3. The number of carbonyl (C=O) groups excluding carboxylic acids is 1. The maximum atomic E-state index is 11.7. The highest BCUT2D eigenvalue weighted by Gasteiger charge is 2.17. The number of rotatable bonds is 4.